The molecule has 1 heterocycles. The van der Waals surface area contributed by atoms with Gasteiger partial charge >= 0.3 is 0 Å². The average Bonchev–Trinajstić information content (AvgIpc) is 3.03. The minimum absolute atomic E-state index is 0.0606. The first-order valence-electron chi connectivity index (χ1n) is 8.09. The molecule has 0 radical (unpaired) electrons. The van der Waals surface area contributed by atoms with Gasteiger partial charge in [0, 0.05) is 5.92 Å². The molecule has 0 bridgehead atoms. The number of para-hydroxylation sites is 1. The van der Waals surface area contributed by atoms with E-state index < -0.39 is 5.91 Å². The zero-order valence-electron chi connectivity index (χ0n) is 13.2. The Kier molecular flexibility index (Phi) is 4.79. The summed E-state index contributed by atoms with van der Waals surface area (Å²) >= 11 is 0. The molecular formula is C17H20N4O3. The lowest BCUT2D eigenvalue weighted by atomic mass is 9.89. The maximum absolute atomic E-state index is 12.1. The number of amides is 2. The molecule has 3 N–H and O–H groups in total. The highest BCUT2D eigenvalue weighted by Crippen LogP contribution is 2.23. The lowest BCUT2D eigenvalue weighted by Crippen LogP contribution is -2.45. The molecule has 1 saturated carbocycles. The number of rotatable bonds is 3. The summed E-state index contributed by atoms with van der Waals surface area (Å²) in [5.74, 6) is -1.14. The second kappa shape index (κ2) is 7.16. The molecule has 2 amide bonds. The van der Waals surface area contributed by atoms with Crippen LogP contribution >= 0.6 is 0 Å². The van der Waals surface area contributed by atoms with Crippen LogP contribution in [0.15, 0.2) is 36.5 Å². The molecule has 3 rings (SSSR count). The predicted molar refractivity (Wildman–Crippen MR) is 87.4 cm³/mol. The molecule has 0 saturated heterocycles. The Hall–Kier alpha value is -2.83. The summed E-state index contributed by atoms with van der Waals surface area (Å²) in [4.78, 5) is 24.2. The maximum Gasteiger partial charge on any atom is 0.294 e. The quantitative estimate of drug-likeness (QED) is 0.750. The third-order valence-electron chi connectivity index (χ3n) is 4.21. The van der Waals surface area contributed by atoms with E-state index in [0.717, 1.165) is 37.8 Å². The number of benzene rings is 1. The molecule has 1 fully saturated rings. The molecule has 1 aliphatic rings. The summed E-state index contributed by atoms with van der Waals surface area (Å²) in [5, 5.41) is 14.0. The average molecular weight is 328 g/mol. The van der Waals surface area contributed by atoms with Crippen molar-refractivity contribution in [3.8, 4) is 11.4 Å². The van der Waals surface area contributed by atoms with E-state index in [4.69, 9.17) is 0 Å². The first-order chi connectivity index (χ1) is 11.6. The largest absolute Gasteiger partial charge is 0.504 e. The highest BCUT2D eigenvalue weighted by Gasteiger charge is 2.23. The van der Waals surface area contributed by atoms with Crippen molar-refractivity contribution in [2.45, 2.75) is 32.1 Å². The van der Waals surface area contributed by atoms with Gasteiger partial charge in [0.2, 0.25) is 5.91 Å². The summed E-state index contributed by atoms with van der Waals surface area (Å²) in [5.41, 5.74) is 5.34. The number of hydrogen-bond donors (Lipinski definition) is 3. The molecule has 0 aliphatic heterocycles. The molecule has 1 aliphatic carbocycles. The normalized spacial score (nSPS) is 15.0. The van der Waals surface area contributed by atoms with Gasteiger partial charge < -0.3 is 5.11 Å². The number of aromatic hydroxyl groups is 1. The van der Waals surface area contributed by atoms with Crippen LogP contribution in [0.25, 0.3) is 5.69 Å². The van der Waals surface area contributed by atoms with Crippen molar-refractivity contribution >= 4 is 11.8 Å². The van der Waals surface area contributed by atoms with E-state index in [-0.39, 0.29) is 23.3 Å². The van der Waals surface area contributed by atoms with Gasteiger partial charge in [-0.2, -0.15) is 5.10 Å². The molecule has 0 atom stereocenters. The number of carbonyl (C=O) groups excluding carboxylic acids is 2. The van der Waals surface area contributed by atoms with Crippen molar-refractivity contribution in [3.63, 3.8) is 0 Å². The summed E-state index contributed by atoms with van der Waals surface area (Å²) in [6, 6.07) is 9.13. The van der Waals surface area contributed by atoms with E-state index in [1.165, 1.54) is 10.9 Å². The fraction of sp³-hybridized carbons (Fsp3) is 0.353. The minimum Gasteiger partial charge on any atom is -0.504 e. The molecule has 7 heteroatoms. The standard InChI is InChI=1S/C17H20N4O3/c22-14-11-21(13-9-5-2-6-10-13)20-15(14)17(24)19-18-16(23)12-7-3-1-4-8-12/h2,5-6,9-12,22H,1,3-4,7-8H2,(H,18,23)(H,19,24). The van der Waals surface area contributed by atoms with Crippen molar-refractivity contribution in [1.29, 1.82) is 0 Å². The minimum atomic E-state index is -0.647. The van der Waals surface area contributed by atoms with Crippen LogP contribution in [-0.4, -0.2) is 26.7 Å². The smallest absolute Gasteiger partial charge is 0.294 e. The molecule has 2 aromatic rings. The van der Waals surface area contributed by atoms with E-state index in [1.807, 2.05) is 18.2 Å². The maximum atomic E-state index is 12.1. The molecule has 1 aromatic carbocycles. The molecule has 0 unspecified atom stereocenters. The first-order valence-corrected chi connectivity index (χ1v) is 8.09. The van der Waals surface area contributed by atoms with Crippen LogP contribution in [0, 0.1) is 5.92 Å². The SMILES string of the molecule is O=C(NNC(=O)C1CCCCC1)c1nn(-c2ccccc2)cc1O. The molecule has 126 valence electrons. The molecule has 1 aromatic heterocycles. The summed E-state index contributed by atoms with van der Waals surface area (Å²) in [6.45, 7) is 0. The number of aromatic nitrogens is 2. The van der Waals surface area contributed by atoms with Crippen molar-refractivity contribution < 1.29 is 14.7 Å². The van der Waals surface area contributed by atoms with Crippen LogP contribution in [0.3, 0.4) is 0 Å². The van der Waals surface area contributed by atoms with Gasteiger partial charge in [-0.25, -0.2) is 4.68 Å². The van der Waals surface area contributed by atoms with Gasteiger partial charge in [-0.3, -0.25) is 20.4 Å². The van der Waals surface area contributed by atoms with Crippen molar-refractivity contribution in [3.05, 3.63) is 42.2 Å². The predicted octanol–water partition coefficient (Wildman–Crippen LogP) is 1.92. The van der Waals surface area contributed by atoms with Crippen LogP contribution in [0.2, 0.25) is 0 Å². The highest BCUT2D eigenvalue weighted by molar-refractivity contribution is 5.96. The van der Waals surface area contributed by atoms with Crippen molar-refractivity contribution in [2.24, 2.45) is 5.92 Å². The zero-order valence-corrected chi connectivity index (χ0v) is 13.2. The number of carbonyl (C=O) groups is 2. The third-order valence-corrected chi connectivity index (χ3v) is 4.21. The van der Waals surface area contributed by atoms with E-state index in [2.05, 4.69) is 16.0 Å². The second-order valence-corrected chi connectivity index (χ2v) is 5.92. The van der Waals surface area contributed by atoms with E-state index in [0.29, 0.717) is 0 Å². The van der Waals surface area contributed by atoms with Gasteiger partial charge in [0.15, 0.2) is 11.4 Å². The lowest BCUT2D eigenvalue weighted by molar-refractivity contribution is -0.126. The molecule has 7 nitrogen and oxygen atoms in total. The van der Waals surface area contributed by atoms with Crippen LogP contribution < -0.4 is 10.9 Å². The Morgan fingerprint density at radius 1 is 1.08 bits per heavy atom. The summed E-state index contributed by atoms with van der Waals surface area (Å²) < 4.78 is 1.41. The molecule has 0 spiro atoms. The van der Waals surface area contributed by atoms with Gasteiger partial charge in [-0.05, 0) is 25.0 Å². The fourth-order valence-electron chi connectivity index (χ4n) is 2.88. The fourth-order valence-corrected chi connectivity index (χ4v) is 2.88. The molecule has 24 heavy (non-hydrogen) atoms. The van der Waals surface area contributed by atoms with Crippen LogP contribution in [0.4, 0.5) is 0 Å². The van der Waals surface area contributed by atoms with Gasteiger partial charge in [0.05, 0.1) is 11.9 Å². The number of hydrogen-bond acceptors (Lipinski definition) is 4. The third kappa shape index (κ3) is 3.56. The van der Waals surface area contributed by atoms with Gasteiger partial charge in [0.25, 0.3) is 5.91 Å². The Labute approximate surface area is 139 Å². The molecular weight excluding hydrogens is 308 g/mol. The Bertz CT molecular complexity index is 721. The van der Waals surface area contributed by atoms with Crippen LogP contribution in [-0.2, 0) is 4.79 Å². The second-order valence-electron chi connectivity index (χ2n) is 5.92. The van der Waals surface area contributed by atoms with E-state index >= 15 is 0 Å². The van der Waals surface area contributed by atoms with Crippen LogP contribution in [0.5, 0.6) is 5.75 Å². The summed E-state index contributed by atoms with van der Waals surface area (Å²) in [6.07, 6.45) is 6.27. The topological polar surface area (TPSA) is 96.3 Å². The van der Waals surface area contributed by atoms with Gasteiger partial charge in [-0.15, -0.1) is 0 Å². The number of hydrazine groups is 1. The van der Waals surface area contributed by atoms with Crippen LogP contribution in [0.1, 0.15) is 42.6 Å². The van der Waals surface area contributed by atoms with Crippen molar-refractivity contribution in [1.82, 2.24) is 20.6 Å². The Balaban J connectivity index is 1.63. The number of nitrogens with one attached hydrogen (secondary N) is 2. The highest BCUT2D eigenvalue weighted by atomic mass is 16.3. The summed E-state index contributed by atoms with van der Waals surface area (Å²) in [7, 11) is 0. The van der Waals surface area contributed by atoms with E-state index in [9.17, 15) is 14.7 Å². The Morgan fingerprint density at radius 2 is 1.79 bits per heavy atom. The van der Waals surface area contributed by atoms with Crippen molar-refractivity contribution in [2.75, 3.05) is 0 Å². The number of nitrogens with zero attached hydrogens (tertiary/aromatic N) is 2. The van der Waals surface area contributed by atoms with Gasteiger partial charge in [0.1, 0.15) is 0 Å². The first kappa shape index (κ1) is 16.0. The van der Waals surface area contributed by atoms with E-state index in [1.54, 1.807) is 12.1 Å². The lowest BCUT2D eigenvalue weighted by Gasteiger charge is -2.20. The zero-order chi connectivity index (χ0) is 16.9. The monoisotopic (exact) mass is 328 g/mol. The van der Waals surface area contributed by atoms with Gasteiger partial charge in [-0.1, -0.05) is 37.5 Å². The Morgan fingerprint density at radius 3 is 2.50 bits per heavy atom.